The quantitative estimate of drug-likeness (QED) is 0.936. The molecular formula is C16H20N2OS. The Balaban J connectivity index is 1.68. The highest BCUT2D eigenvalue weighted by atomic mass is 32.1. The number of rotatable bonds is 4. The van der Waals surface area contributed by atoms with Crippen molar-refractivity contribution in [2.24, 2.45) is 0 Å². The van der Waals surface area contributed by atoms with Gasteiger partial charge in [0.2, 0.25) is 0 Å². The normalized spacial score (nSPS) is 15.4. The highest BCUT2D eigenvalue weighted by molar-refractivity contribution is 7.11. The minimum atomic E-state index is 0.770. The van der Waals surface area contributed by atoms with E-state index in [9.17, 15) is 0 Å². The molecule has 3 rings (SSSR count). The fraction of sp³-hybridized carbons (Fsp3) is 0.375. The SMILES string of the molecule is CNCc1ccc(CN2CCOc3ccccc3C2)s1. The predicted molar refractivity (Wildman–Crippen MR) is 83.1 cm³/mol. The number of nitrogens with one attached hydrogen (secondary N) is 1. The van der Waals surface area contributed by atoms with Gasteiger partial charge in [0.05, 0.1) is 0 Å². The van der Waals surface area contributed by atoms with Crippen molar-refractivity contribution < 1.29 is 4.74 Å². The van der Waals surface area contributed by atoms with Crippen LogP contribution in [0.1, 0.15) is 15.3 Å². The Kier molecular flexibility index (Phi) is 4.35. The van der Waals surface area contributed by atoms with Crippen LogP contribution in [0.15, 0.2) is 36.4 Å². The maximum atomic E-state index is 5.81. The number of hydrogen-bond donors (Lipinski definition) is 1. The molecule has 0 atom stereocenters. The first-order chi connectivity index (χ1) is 9.85. The molecule has 0 spiro atoms. The van der Waals surface area contributed by atoms with E-state index in [2.05, 4.69) is 40.5 Å². The molecule has 0 bridgehead atoms. The van der Waals surface area contributed by atoms with Crippen LogP contribution in [0.25, 0.3) is 0 Å². The van der Waals surface area contributed by atoms with Gasteiger partial charge in [-0.1, -0.05) is 18.2 Å². The Morgan fingerprint density at radius 1 is 1.20 bits per heavy atom. The number of ether oxygens (including phenoxy) is 1. The zero-order valence-corrected chi connectivity index (χ0v) is 12.6. The van der Waals surface area contributed by atoms with E-state index in [4.69, 9.17) is 4.74 Å². The van der Waals surface area contributed by atoms with Crippen LogP contribution in [0.4, 0.5) is 0 Å². The van der Waals surface area contributed by atoms with E-state index in [0.717, 1.165) is 38.5 Å². The van der Waals surface area contributed by atoms with E-state index in [1.165, 1.54) is 15.3 Å². The first-order valence-corrected chi connectivity index (χ1v) is 7.82. The molecule has 0 radical (unpaired) electrons. The molecule has 0 fully saturated rings. The highest BCUT2D eigenvalue weighted by Crippen LogP contribution is 2.25. The van der Waals surface area contributed by atoms with E-state index in [0.29, 0.717) is 0 Å². The molecule has 3 nitrogen and oxygen atoms in total. The van der Waals surface area contributed by atoms with E-state index in [1.54, 1.807) is 0 Å². The molecule has 1 N–H and O–H groups in total. The van der Waals surface area contributed by atoms with Crippen molar-refractivity contribution >= 4 is 11.3 Å². The number of nitrogens with zero attached hydrogens (tertiary/aromatic N) is 1. The second-order valence-corrected chi connectivity index (χ2v) is 6.32. The molecule has 106 valence electrons. The summed E-state index contributed by atoms with van der Waals surface area (Å²) >= 11 is 1.89. The summed E-state index contributed by atoms with van der Waals surface area (Å²) in [6.07, 6.45) is 0. The molecule has 0 saturated heterocycles. The average molecular weight is 288 g/mol. The van der Waals surface area contributed by atoms with E-state index in [1.807, 2.05) is 24.5 Å². The van der Waals surface area contributed by atoms with Crippen LogP contribution in [-0.4, -0.2) is 25.1 Å². The van der Waals surface area contributed by atoms with Gasteiger partial charge in [-0.15, -0.1) is 11.3 Å². The van der Waals surface area contributed by atoms with Gasteiger partial charge in [0.15, 0.2) is 0 Å². The molecule has 0 amide bonds. The van der Waals surface area contributed by atoms with Crippen LogP contribution in [0.2, 0.25) is 0 Å². The van der Waals surface area contributed by atoms with Gasteiger partial charge in [-0.25, -0.2) is 0 Å². The van der Waals surface area contributed by atoms with Crippen LogP contribution in [-0.2, 0) is 19.6 Å². The third-order valence-corrected chi connectivity index (χ3v) is 4.55. The molecular weight excluding hydrogens is 268 g/mol. The summed E-state index contributed by atoms with van der Waals surface area (Å²) in [5.41, 5.74) is 1.29. The Labute approximate surface area is 124 Å². The van der Waals surface area contributed by atoms with Gasteiger partial charge in [-0.2, -0.15) is 0 Å². The van der Waals surface area contributed by atoms with E-state index >= 15 is 0 Å². The molecule has 2 aromatic rings. The Morgan fingerprint density at radius 2 is 2.05 bits per heavy atom. The van der Waals surface area contributed by atoms with Crippen molar-refractivity contribution in [2.45, 2.75) is 19.6 Å². The largest absolute Gasteiger partial charge is 0.492 e. The number of fused-ring (bicyclic) bond motifs is 1. The third-order valence-electron chi connectivity index (χ3n) is 3.48. The second kappa shape index (κ2) is 6.39. The van der Waals surface area contributed by atoms with E-state index < -0.39 is 0 Å². The van der Waals surface area contributed by atoms with Crippen molar-refractivity contribution in [3.63, 3.8) is 0 Å². The lowest BCUT2D eigenvalue weighted by molar-refractivity contribution is 0.221. The first kappa shape index (κ1) is 13.6. The summed E-state index contributed by atoms with van der Waals surface area (Å²) < 4.78 is 5.81. The van der Waals surface area contributed by atoms with Crippen molar-refractivity contribution in [1.29, 1.82) is 0 Å². The molecule has 20 heavy (non-hydrogen) atoms. The molecule has 1 aliphatic rings. The lowest BCUT2D eigenvalue weighted by Crippen LogP contribution is -2.24. The number of thiophene rings is 1. The van der Waals surface area contributed by atoms with Gasteiger partial charge in [0.25, 0.3) is 0 Å². The molecule has 0 unspecified atom stereocenters. The van der Waals surface area contributed by atoms with Crippen molar-refractivity contribution in [3.8, 4) is 5.75 Å². The predicted octanol–water partition coefficient (Wildman–Crippen LogP) is 2.86. The smallest absolute Gasteiger partial charge is 0.123 e. The third kappa shape index (κ3) is 3.20. The Bertz CT molecular complexity index is 567. The summed E-state index contributed by atoms with van der Waals surface area (Å²) in [6.45, 7) is 4.68. The van der Waals surface area contributed by atoms with E-state index in [-0.39, 0.29) is 0 Å². The minimum absolute atomic E-state index is 0.770. The Morgan fingerprint density at radius 3 is 2.95 bits per heavy atom. The van der Waals surface area contributed by atoms with Crippen LogP contribution < -0.4 is 10.1 Å². The lowest BCUT2D eigenvalue weighted by Gasteiger charge is -2.18. The minimum Gasteiger partial charge on any atom is -0.492 e. The first-order valence-electron chi connectivity index (χ1n) is 7.00. The Hall–Kier alpha value is -1.36. The van der Waals surface area contributed by atoms with Crippen LogP contribution in [0.3, 0.4) is 0 Å². The van der Waals surface area contributed by atoms with Crippen LogP contribution >= 0.6 is 11.3 Å². The van der Waals surface area contributed by atoms with Gasteiger partial charge >= 0.3 is 0 Å². The summed E-state index contributed by atoms with van der Waals surface area (Å²) in [5.74, 6) is 1.04. The fourth-order valence-electron chi connectivity index (χ4n) is 2.51. The van der Waals surface area contributed by atoms with Gasteiger partial charge in [0, 0.05) is 41.5 Å². The monoisotopic (exact) mass is 288 g/mol. The standard InChI is InChI=1S/C16H20N2OS/c1-17-10-14-6-7-15(20-14)12-18-8-9-19-16-5-3-2-4-13(16)11-18/h2-7,17H,8-12H2,1H3. The molecule has 0 saturated carbocycles. The number of benzene rings is 1. The maximum absolute atomic E-state index is 5.81. The molecule has 4 heteroatoms. The van der Waals surface area contributed by atoms with Gasteiger partial charge in [-0.3, -0.25) is 4.90 Å². The summed E-state index contributed by atoms with van der Waals surface area (Å²) in [7, 11) is 1.99. The topological polar surface area (TPSA) is 24.5 Å². The fourth-order valence-corrected chi connectivity index (χ4v) is 3.58. The van der Waals surface area contributed by atoms with Gasteiger partial charge < -0.3 is 10.1 Å². The average Bonchev–Trinajstić information content (AvgIpc) is 2.78. The maximum Gasteiger partial charge on any atom is 0.123 e. The number of hydrogen-bond acceptors (Lipinski definition) is 4. The molecule has 2 heterocycles. The second-order valence-electron chi connectivity index (χ2n) is 5.07. The molecule has 1 aromatic carbocycles. The highest BCUT2D eigenvalue weighted by Gasteiger charge is 2.15. The zero-order chi connectivity index (χ0) is 13.8. The zero-order valence-electron chi connectivity index (χ0n) is 11.8. The van der Waals surface area contributed by atoms with Gasteiger partial charge in [-0.05, 0) is 25.2 Å². The van der Waals surface area contributed by atoms with Crippen LogP contribution in [0.5, 0.6) is 5.75 Å². The van der Waals surface area contributed by atoms with Crippen LogP contribution in [0, 0.1) is 0 Å². The number of para-hydroxylation sites is 1. The molecule has 1 aliphatic heterocycles. The van der Waals surface area contributed by atoms with Gasteiger partial charge in [0.1, 0.15) is 12.4 Å². The van der Waals surface area contributed by atoms with Crippen molar-refractivity contribution in [2.75, 3.05) is 20.2 Å². The molecule has 1 aromatic heterocycles. The molecule has 0 aliphatic carbocycles. The van der Waals surface area contributed by atoms with Crippen molar-refractivity contribution in [3.05, 3.63) is 51.7 Å². The summed E-state index contributed by atoms with van der Waals surface area (Å²) in [5, 5.41) is 3.20. The summed E-state index contributed by atoms with van der Waals surface area (Å²) in [6, 6.07) is 12.8. The van der Waals surface area contributed by atoms with Crippen molar-refractivity contribution in [1.82, 2.24) is 10.2 Å². The lowest BCUT2D eigenvalue weighted by atomic mass is 10.2. The summed E-state index contributed by atoms with van der Waals surface area (Å²) in [4.78, 5) is 5.28.